The van der Waals surface area contributed by atoms with Crippen LogP contribution in [0.1, 0.15) is 48.6 Å². The first-order valence-electron chi connectivity index (χ1n) is 22.7. The molecule has 2 heteroatoms. The molecule has 1 nitrogen and oxygen atoms in total. The number of thiophene rings is 1. The van der Waals surface area contributed by atoms with Crippen molar-refractivity contribution >= 4 is 59.3 Å². The number of anilines is 3. The monoisotopic (exact) mass is 849 g/mol. The largest absolute Gasteiger partial charge is 0.310 e. The van der Waals surface area contributed by atoms with Crippen LogP contribution >= 0.6 is 11.3 Å². The molecule has 0 unspecified atom stereocenters. The van der Waals surface area contributed by atoms with Gasteiger partial charge in [-0.3, -0.25) is 0 Å². The van der Waals surface area contributed by atoms with Gasteiger partial charge in [-0.05, 0) is 114 Å². The van der Waals surface area contributed by atoms with Gasteiger partial charge in [0.2, 0.25) is 0 Å². The Hall–Kier alpha value is -7.52. The lowest BCUT2D eigenvalue weighted by Gasteiger charge is -2.34. The van der Waals surface area contributed by atoms with E-state index in [9.17, 15) is 0 Å². The van der Waals surface area contributed by atoms with Crippen LogP contribution in [0.3, 0.4) is 0 Å². The quantitative estimate of drug-likeness (QED) is 0.154. The molecular weight excluding hydrogens is 803 g/mol. The van der Waals surface area contributed by atoms with Crippen LogP contribution in [-0.4, -0.2) is 0 Å². The molecule has 0 N–H and O–H groups in total. The zero-order valence-corrected chi connectivity index (χ0v) is 37.6. The number of hydrogen-bond acceptors (Lipinski definition) is 2. The molecule has 0 spiro atoms. The van der Waals surface area contributed by atoms with E-state index < -0.39 is 5.41 Å². The standard InChI is InChI=1S/C63H47NS/c1-62(2,3)45-33-35-48(36-34-45)64(49-37-38-57-55(41-49)52-26-12-14-30-56(52)63(57,46-21-6-4-7-22-46)47-23-8-5-9-24-47)58-39-32-42-18-10-11-25-50(42)60(58)44-20-16-19-43(40-44)51-28-17-29-54-53-27-13-15-31-59(53)65-61(51)54/h4-41H,1-3H3. The fourth-order valence-corrected chi connectivity index (χ4v) is 11.9. The van der Waals surface area contributed by atoms with Gasteiger partial charge in [-0.2, -0.15) is 0 Å². The summed E-state index contributed by atoms with van der Waals surface area (Å²) in [5.74, 6) is 0. The Kier molecular flexibility index (Phi) is 9.22. The highest BCUT2D eigenvalue weighted by atomic mass is 32.1. The minimum Gasteiger partial charge on any atom is -0.310 e. The number of fused-ring (bicyclic) bond motifs is 7. The molecule has 11 aromatic rings. The predicted molar refractivity (Wildman–Crippen MR) is 278 cm³/mol. The minimum absolute atomic E-state index is 0.0185. The number of benzene rings is 10. The van der Waals surface area contributed by atoms with E-state index in [1.165, 1.54) is 92.1 Å². The molecule has 65 heavy (non-hydrogen) atoms. The molecule has 0 aliphatic heterocycles. The van der Waals surface area contributed by atoms with Gasteiger partial charge >= 0.3 is 0 Å². The normalized spacial score (nSPS) is 13.0. The highest BCUT2D eigenvalue weighted by molar-refractivity contribution is 7.26. The molecule has 0 amide bonds. The summed E-state index contributed by atoms with van der Waals surface area (Å²) in [6, 6.07) is 86.0. The molecule has 0 fully saturated rings. The summed E-state index contributed by atoms with van der Waals surface area (Å²) in [5.41, 5.74) is 16.7. The van der Waals surface area contributed by atoms with Crippen LogP contribution in [0.25, 0.3) is 64.3 Å². The summed E-state index contributed by atoms with van der Waals surface area (Å²) < 4.78 is 2.64. The SMILES string of the molecule is CC(C)(C)c1ccc(N(c2ccc3c(c2)-c2ccccc2C3(c2ccccc2)c2ccccc2)c2ccc3ccccc3c2-c2cccc(-c3cccc4c3sc3ccccc34)c2)cc1. The van der Waals surface area contributed by atoms with Crippen LogP contribution in [0.4, 0.5) is 17.1 Å². The van der Waals surface area contributed by atoms with Gasteiger partial charge in [0.15, 0.2) is 0 Å². The molecule has 10 aromatic carbocycles. The lowest BCUT2D eigenvalue weighted by atomic mass is 9.68. The molecule has 0 atom stereocenters. The number of hydrogen-bond donors (Lipinski definition) is 0. The summed E-state index contributed by atoms with van der Waals surface area (Å²) in [7, 11) is 0. The molecule has 0 bridgehead atoms. The van der Waals surface area contributed by atoms with Crippen molar-refractivity contribution in [1.29, 1.82) is 0 Å². The third kappa shape index (κ3) is 6.27. The van der Waals surface area contributed by atoms with Crippen LogP contribution in [0.15, 0.2) is 231 Å². The van der Waals surface area contributed by atoms with Crippen molar-refractivity contribution < 1.29 is 0 Å². The van der Waals surface area contributed by atoms with Crippen molar-refractivity contribution in [3.63, 3.8) is 0 Å². The van der Waals surface area contributed by atoms with Gasteiger partial charge in [0.05, 0.1) is 11.1 Å². The van der Waals surface area contributed by atoms with Crippen LogP contribution in [-0.2, 0) is 10.8 Å². The second kappa shape index (κ2) is 15.3. The smallest absolute Gasteiger partial charge is 0.0713 e. The minimum atomic E-state index is -0.474. The van der Waals surface area contributed by atoms with Gasteiger partial charge in [-0.15, -0.1) is 11.3 Å². The Morgan fingerprint density at radius 1 is 0.415 bits per heavy atom. The summed E-state index contributed by atoms with van der Waals surface area (Å²) in [5, 5.41) is 5.06. The van der Waals surface area contributed by atoms with Gasteiger partial charge < -0.3 is 4.90 Å². The molecule has 1 aromatic heterocycles. The predicted octanol–water partition coefficient (Wildman–Crippen LogP) is 17.7. The first-order chi connectivity index (χ1) is 31.9. The molecule has 12 rings (SSSR count). The van der Waals surface area contributed by atoms with Gasteiger partial charge in [0.1, 0.15) is 0 Å². The summed E-state index contributed by atoms with van der Waals surface area (Å²) in [6.45, 7) is 6.87. The van der Waals surface area contributed by atoms with E-state index in [0.717, 1.165) is 17.1 Å². The van der Waals surface area contributed by atoms with Crippen LogP contribution in [0.2, 0.25) is 0 Å². The first-order valence-corrected chi connectivity index (χ1v) is 23.5. The van der Waals surface area contributed by atoms with E-state index in [4.69, 9.17) is 0 Å². The molecule has 0 saturated heterocycles. The molecule has 1 aliphatic rings. The van der Waals surface area contributed by atoms with Crippen LogP contribution in [0.5, 0.6) is 0 Å². The van der Waals surface area contributed by atoms with Crippen LogP contribution in [0, 0.1) is 0 Å². The second-order valence-electron chi connectivity index (χ2n) is 18.4. The van der Waals surface area contributed by atoms with Crippen molar-refractivity contribution in [2.24, 2.45) is 0 Å². The average molecular weight is 850 g/mol. The van der Waals surface area contributed by atoms with Crippen molar-refractivity contribution in [3.8, 4) is 33.4 Å². The van der Waals surface area contributed by atoms with Gasteiger partial charge in [0.25, 0.3) is 0 Å². The zero-order chi connectivity index (χ0) is 43.7. The lowest BCUT2D eigenvalue weighted by Crippen LogP contribution is -2.28. The Labute approximate surface area is 385 Å². The summed E-state index contributed by atoms with van der Waals surface area (Å²) >= 11 is 1.89. The maximum Gasteiger partial charge on any atom is 0.0713 e. The zero-order valence-electron chi connectivity index (χ0n) is 36.8. The lowest BCUT2D eigenvalue weighted by molar-refractivity contribution is 0.590. The van der Waals surface area contributed by atoms with Gasteiger partial charge in [-0.25, -0.2) is 0 Å². The maximum absolute atomic E-state index is 2.50. The van der Waals surface area contributed by atoms with E-state index >= 15 is 0 Å². The summed E-state index contributed by atoms with van der Waals surface area (Å²) in [6.07, 6.45) is 0. The van der Waals surface area contributed by atoms with Crippen LogP contribution < -0.4 is 4.90 Å². The van der Waals surface area contributed by atoms with Gasteiger partial charge in [-0.1, -0.05) is 209 Å². The fraction of sp³-hybridized carbons (Fsp3) is 0.0794. The third-order valence-electron chi connectivity index (χ3n) is 13.7. The average Bonchev–Trinajstić information content (AvgIpc) is 3.88. The highest BCUT2D eigenvalue weighted by Crippen LogP contribution is 2.57. The van der Waals surface area contributed by atoms with Crippen molar-refractivity contribution in [1.82, 2.24) is 0 Å². The van der Waals surface area contributed by atoms with Gasteiger partial charge in [0, 0.05) is 37.1 Å². The maximum atomic E-state index is 2.50. The van der Waals surface area contributed by atoms with E-state index in [-0.39, 0.29) is 5.41 Å². The molecule has 1 heterocycles. The second-order valence-corrected chi connectivity index (χ2v) is 19.5. The molecule has 0 radical (unpaired) electrons. The van der Waals surface area contributed by atoms with Crippen molar-refractivity contribution in [3.05, 3.63) is 258 Å². The Bertz CT molecular complexity index is 3530. The van der Waals surface area contributed by atoms with E-state index in [1.54, 1.807) is 0 Å². The Morgan fingerprint density at radius 2 is 1.02 bits per heavy atom. The molecule has 310 valence electrons. The number of nitrogens with zero attached hydrogens (tertiary/aromatic N) is 1. The van der Waals surface area contributed by atoms with E-state index in [0.29, 0.717) is 0 Å². The number of rotatable bonds is 7. The summed E-state index contributed by atoms with van der Waals surface area (Å²) in [4.78, 5) is 2.50. The molecular formula is C63H47NS. The fourth-order valence-electron chi connectivity index (χ4n) is 10.7. The third-order valence-corrected chi connectivity index (χ3v) is 14.9. The van der Waals surface area contributed by atoms with E-state index in [2.05, 4.69) is 256 Å². The molecule has 0 saturated carbocycles. The first kappa shape index (κ1) is 39.1. The highest BCUT2D eigenvalue weighted by Gasteiger charge is 2.46. The van der Waals surface area contributed by atoms with Crippen molar-refractivity contribution in [2.75, 3.05) is 4.90 Å². The topological polar surface area (TPSA) is 3.24 Å². The Morgan fingerprint density at radius 3 is 1.78 bits per heavy atom. The Balaban J connectivity index is 1.11. The molecule has 1 aliphatic carbocycles. The van der Waals surface area contributed by atoms with E-state index in [1.807, 2.05) is 11.3 Å². The van der Waals surface area contributed by atoms with Crippen molar-refractivity contribution in [2.45, 2.75) is 31.6 Å².